The van der Waals surface area contributed by atoms with Crippen LogP contribution in [0.25, 0.3) is 0 Å². The molecule has 0 radical (unpaired) electrons. The zero-order valence-electron chi connectivity index (χ0n) is 4.99. The van der Waals surface area contributed by atoms with Crippen molar-refractivity contribution in [3.63, 3.8) is 0 Å². The molecule has 4 heteroatoms. The predicted octanol–water partition coefficient (Wildman–Crippen LogP) is -0.0812. The van der Waals surface area contributed by atoms with Crippen LogP contribution < -0.4 is 4.98 Å². The molecule has 0 spiro atoms. The molecule has 0 atom stereocenters. The Morgan fingerprint density at radius 3 is 1.75 bits per heavy atom. The van der Waals surface area contributed by atoms with E-state index >= 15 is 0 Å². The van der Waals surface area contributed by atoms with Gasteiger partial charge in [-0.15, -0.1) is 0 Å². The summed E-state index contributed by atoms with van der Waals surface area (Å²) < 4.78 is 0. The molecule has 0 heterocycles. The monoisotopic (exact) mass is 157 g/mol. The fraction of sp³-hybridized carbons (Fsp3) is 0.750. The quantitative estimate of drug-likeness (QED) is 0.441. The summed E-state index contributed by atoms with van der Waals surface area (Å²) in [5.74, 6) is 0. The minimum atomic E-state index is -1.28. The van der Waals surface area contributed by atoms with Crippen molar-refractivity contribution in [2.45, 2.75) is 19.6 Å². The van der Waals surface area contributed by atoms with Crippen molar-refractivity contribution in [2.75, 3.05) is 0 Å². The van der Waals surface area contributed by atoms with Gasteiger partial charge in [0.1, 0.15) is 8.24 Å². The molecular formula is C4H12KNOSi. The van der Waals surface area contributed by atoms with Gasteiger partial charge in [-0.3, -0.25) is 4.79 Å². The first-order chi connectivity index (χ1) is 3.06. The van der Waals surface area contributed by atoms with Gasteiger partial charge in [-0.05, 0) is 0 Å². The maximum absolute atomic E-state index is 9.74. The van der Waals surface area contributed by atoms with E-state index in [2.05, 4.69) is 24.6 Å². The van der Waals surface area contributed by atoms with Crippen molar-refractivity contribution < 1.29 is 4.79 Å². The fourth-order valence-electron chi connectivity index (χ4n) is 0.177. The van der Waals surface area contributed by atoms with Crippen LogP contribution in [0.3, 0.4) is 0 Å². The number of amides is 1. The Bertz CT molecular complexity index is 70.9. The third kappa shape index (κ3) is 10.3. The molecule has 0 aromatic rings. The maximum atomic E-state index is 9.74. The Morgan fingerprint density at radius 2 is 1.75 bits per heavy atom. The Kier molecular flexibility index (Phi) is 7.73. The van der Waals surface area contributed by atoms with E-state index in [9.17, 15) is 4.79 Å². The van der Waals surface area contributed by atoms with Gasteiger partial charge in [0.25, 0.3) is 0 Å². The van der Waals surface area contributed by atoms with Crippen LogP contribution in [0.2, 0.25) is 19.6 Å². The summed E-state index contributed by atoms with van der Waals surface area (Å²) in [5.41, 5.74) is 0. The first-order valence-corrected chi connectivity index (χ1v) is 5.77. The number of carbonyl (C=O) groups is 1. The average Bonchev–Trinajstić information content (AvgIpc) is 1.30. The van der Waals surface area contributed by atoms with Crippen molar-refractivity contribution in [3.05, 3.63) is 0 Å². The van der Waals surface area contributed by atoms with E-state index in [1.165, 1.54) is 0 Å². The first-order valence-electron chi connectivity index (χ1n) is 2.27. The van der Waals surface area contributed by atoms with Gasteiger partial charge in [0.2, 0.25) is 0 Å². The number of hydrogen-bond donors (Lipinski definition) is 1. The topological polar surface area (TPSA) is 29.1 Å². The van der Waals surface area contributed by atoms with Gasteiger partial charge in [-0.2, -0.15) is 0 Å². The van der Waals surface area contributed by atoms with Gasteiger partial charge < -0.3 is 4.98 Å². The summed E-state index contributed by atoms with van der Waals surface area (Å²) in [4.78, 5) is 12.5. The third-order valence-electron chi connectivity index (χ3n) is 0.492. The molecule has 0 unspecified atom stereocenters. The molecule has 0 aromatic carbocycles. The average molecular weight is 157 g/mol. The van der Waals surface area contributed by atoms with Crippen molar-refractivity contribution >= 4 is 66.0 Å². The van der Waals surface area contributed by atoms with E-state index in [0.29, 0.717) is 0 Å². The molecule has 0 saturated heterocycles. The summed E-state index contributed by atoms with van der Waals surface area (Å²) >= 11 is 0. The second-order valence-corrected chi connectivity index (χ2v) is 7.30. The van der Waals surface area contributed by atoms with E-state index in [1.807, 2.05) is 0 Å². The van der Waals surface area contributed by atoms with Crippen molar-refractivity contribution in [3.8, 4) is 0 Å². The van der Waals surface area contributed by atoms with Crippen LogP contribution in [0.15, 0.2) is 0 Å². The summed E-state index contributed by atoms with van der Waals surface area (Å²) in [6, 6.07) is 0. The van der Waals surface area contributed by atoms with Gasteiger partial charge in [0, 0.05) is 0 Å². The Balaban J connectivity index is 0. The summed E-state index contributed by atoms with van der Waals surface area (Å²) in [6.45, 7) is 6.21. The molecule has 0 rings (SSSR count). The Labute approximate surface area is 93.9 Å². The predicted molar refractivity (Wildman–Crippen MR) is 39.7 cm³/mol. The van der Waals surface area contributed by atoms with Gasteiger partial charge in [-0.25, -0.2) is 0 Å². The van der Waals surface area contributed by atoms with Crippen LogP contribution in [0, 0.1) is 0 Å². The van der Waals surface area contributed by atoms with E-state index in [1.54, 1.807) is 0 Å². The number of carbonyl (C=O) groups excluding carboxylic acids is 1. The van der Waals surface area contributed by atoms with Crippen molar-refractivity contribution in [2.24, 2.45) is 0 Å². The molecule has 0 aliphatic carbocycles. The SMILES string of the molecule is C[Si](C)(C)NC=O.[KH]. The molecule has 0 bridgehead atoms. The molecule has 8 heavy (non-hydrogen) atoms. The van der Waals surface area contributed by atoms with Gasteiger partial charge in [0.15, 0.2) is 6.41 Å². The summed E-state index contributed by atoms with van der Waals surface area (Å²) in [7, 11) is -1.28. The van der Waals surface area contributed by atoms with Gasteiger partial charge in [0.05, 0.1) is 0 Å². The van der Waals surface area contributed by atoms with Gasteiger partial charge in [-0.1, -0.05) is 19.6 Å². The molecule has 0 aromatic heterocycles. The molecule has 0 saturated carbocycles. The van der Waals surface area contributed by atoms with Crippen molar-refractivity contribution in [1.29, 1.82) is 0 Å². The number of nitrogens with one attached hydrogen (secondary N) is 1. The van der Waals surface area contributed by atoms with Crippen LogP contribution in [0.4, 0.5) is 0 Å². The fourth-order valence-corrected chi connectivity index (χ4v) is 0.530. The number of hydrogen-bond acceptors (Lipinski definition) is 1. The molecule has 1 N–H and O–H groups in total. The zero-order chi connectivity index (χ0) is 5.91. The van der Waals surface area contributed by atoms with E-state index in [-0.39, 0.29) is 51.4 Å². The van der Waals surface area contributed by atoms with Crippen molar-refractivity contribution in [1.82, 2.24) is 4.98 Å². The molecule has 1 amide bonds. The van der Waals surface area contributed by atoms with E-state index < -0.39 is 8.24 Å². The van der Waals surface area contributed by atoms with E-state index in [4.69, 9.17) is 0 Å². The molecule has 0 aliphatic rings. The second kappa shape index (κ2) is 5.14. The van der Waals surface area contributed by atoms with E-state index in [0.717, 1.165) is 6.41 Å². The molecule has 0 aliphatic heterocycles. The summed E-state index contributed by atoms with van der Waals surface area (Å²) in [5, 5.41) is 0. The third-order valence-corrected chi connectivity index (χ3v) is 1.48. The molecular weight excluding hydrogens is 145 g/mol. The Hall–Kier alpha value is 1.32. The molecule has 0 fully saturated rings. The van der Waals surface area contributed by atoms with Gasteiger partial charge >= 0.3 is 51.4 Å². The second-order valence-electron chi connectivity index (χ2n) is 2.51. The van der Waals surface area contributed by atoms with Crippen LogP contribution in [-0.2, 0) is 4.79 Å². The first kappa shape index (κ1) is 12.0. The molecule has 2 nitrogen and oxygen atoms in total. The number of rotatable bonds is 2. The molecule has 44 valence electrons. The standard InChI is InChI=1S/C4H11NOSi.K.H/c1-7(2,3)5-4-6;;/h4H,1-3H3,(H,5,6);;. The van der Waals surface area contributed by atoms with Crippen LogP contribution in [0.1, 0.15) is 0 Å². The van der Waals surface area contributed by atoms with Crippen LogP contribution in [0.5, 0.6) is 0 Å². The zero-order valence-corrected chi connectivity index (χ0v) is 5.99. The van der Waals surface area contributed by atoms with Crippen LogP contribution in [-0.4, -0.2) is 66.0 Å². The Morgan fingerprint density at radius 1 is 1.38 bits per heavy atom. The normalized spacial score (nSPS) is 9.38. The van der Waals surface area contributed by atoms with Crippen LogP contribution >= 0.6 is 0 Å². The summed E-state index contributed by atoms with van der Waals surface area (Å²) in [6.07, 6.45) is 0.770. The minimum absolute atomic E-state index is 0.